The zero-order valence-electron chi connectivity index (χ0n) is 13.5. The van der Waals surface area contributed by atoms with Crippen molar-refractivity contribution in [3.05, 3.63) is 36.5 Å². The Labute approximate surface area is 140 Å². The van der Waals surface area contributed by atoms with Crippen LogP contribution in [0.3, 0.4) is 0 Å². The van der Waals surface area contributed by atoms with E-state index in [9.17, 15) is 4.79 Å². The van der Waals surface area contributed by atoms with Gasteiger partial charge in [-0.1, -0.05) is 18.2 Å². The van der Waals surface area contributed by atoms with Crippen LogP contribution < -0.4 is 10.6 Å². The Hall–Kier alpha value is -2.18. The Morgan fingerprint density at radius 3 is 3.04 bits per heavy atom. The van der Waals surface area contributed by atoms with Crippen LogP contribution in [0.25, 0.3) is 10.9 Å². The maximum atomic E-state index is 12.4. The molecule has 6 heteroatoms. The van der Waals surface area contributed by atoms with Crippen LogP contribution in [0.5, 0.6) is 0 Å². The quantitative estimate of drug-likeness (QED) is 0.889. The topological polar surface area (TPSA) is 72.5 Å². The molecular formula is C18H21N3O3. The Balaban J connectivity index is 1.43. The summed E-state index contributed by atoms with van der Waals surface area (Å²) in [4.78, 5) is 16.8. The number of pyridine rings is 1. The van der Waals surface area contributed by atoms with E-state index in [1.165, 1.54) is 0 Å². The first kappa shape index (κ1) is 15.4. The van der Waals surface area contributed by atoms with Gasteiger partial charge in [0.2, 0.25) is 0 Å². The fraction of sp³-hybridized carbons (Fsp3) is 0.444. The standard InChI is InChI=1S/C18H21N3O3/c22-17(20-14-6-9-24-18(11-14)7-10-23-12-18)21-15-5-1-3-13-4-2-8-19-16(13)15/h1-5,8,14H,6-7,9-12H2,(H2,20,21,22)/t14-,18+/m1/s1. The van der Waals surface area contributed by atoms with Crippen LogP contribution in [0.4, 0.5) is 10.5 Å². The molecule has 1 aromatic carbocycles. The van der Waals surface area contributed by atoms with E-state index < -0.39 is 0 Å². The number of fused-ring (bicyclic) bond motifs is 1. The van der Waals surface area contributed by atoms with Gasteiger partial charge in [-0.3, -0.25) is 4.98 Å². The minimum absolute atomic E-state index is 0.100. The SMILES string of the molecule is O=C(Nc1cccc2cccnc12)N[C@@H]1CCO[C@@]2(CCOC2)C1. The molecular weight excluding hydrogens is 306 g/mol. The number of nitrogens with zero attached hydrogens (tertiary/aromatic N) is 1. The lowest BCUT2D eigenvalue weighted by Gasteiger charge is -2.37. The van der Waals surface area contributed by atoms with Crippen LogP contribution in [0.2, 0.25) is 0 Å². The van der Waals surface area contributed by atoms with Crippen molar-refractivity contribution < 1.29 is 14.3 Å². The monoisotopic (exact) mass is 327 g/mol. The van der Waals surface area contributed by atoms with Crippen LogP contribution in [0, 0.1) is 0 Å². The number of rotatable bonds is 2. The molecule has 3 heterocycles. The summed E-state index contributed by atoms with van der Waals surface area (Å²) in [7, 11) is 0. The predicted octanol–water partition coefficient (Wildman–Crippen LogP) is 2.69. The third-order valence-corrected chi connectivity index (χ3v) is 4.78. The average molecular weight is 327 g/mol. The molecule has 2 atom stereocenters. The molecule has 2 aromatic rings. The smallest absolute Gasteiger partial charge is 0.319 e. The van der Waals surface area contributed by atoms with E-state index in [2.05, 4.69) is 15.6 Å². The summed E-state index contributed by atoms with van der Waals surface area (Å²) in [5.41, 5.74) is 1.30. The van der Waals surface area contributed by atoms with E-state index in [1.54, 1.807) is 6.20 Å². The lowest BCUT2D eigenvalue weighted by molar-refractivity contribution is -0.0877. The number of nitrogens with one attached hydrogen (secondary N) is 2. The van der Waals surface area contributed by atoms with Crippen molar-refractivity contribution in [2.24, 2.45) is 0 Å². The molecule has 0 saturated carbocycles. The summed E-state index contributed by atoms with van der Waals surface area (Å²) < 4.78 is 11.4. The summed E-state index contributed by atoms with van der Waals surface area (Å²) in [6, 6.07) is 9.53. The summed E-state index contributed by atoms with van der Waals surface area (Å²) in [6.45, 7) is 2.02. The average Bonchev–Trinajstić information content (AvgIpc) is 3.03. The maximum absolute atomic E-state index is 12.4. The molecule has 4 rings (SSSR count). The normalized spacial score (nSPS) is 26.6. The van der Waals surface area contributed by atoms with E-state index in [1.807, 2.05) is 30.3 Å². The predicted molar refractivity (Wildman–Crippen MR) is 91.0 cm³/mol. The third kappa shape index (κ3) is 3.07. The molecule has 0 unspecified atom stereocenters. The summed E-state index contributed by atoms with van der Waals surface area (Å²) >= 11 is 0. The highest BCUT2D eigenvalue weighted by molar-refractivity contribution is 5.99. The fourth-order valence-corrected chi connectivity index (χ4v) is 3.56. The first-order valence-corrected chi connectivity index (χ1v) is 8.37. The molecule has 126 valence electrons. The number of amides is 2. The lowest BCUT2D eigenvalue weighted by atomic mass is 9.90. The number of hydrogen-bond acceptors (Lipinski definition) is 4. The number of benzene rings is 1. The van der Waals surface area contributed by atoms with Crippen LogP contribution in [-0.2, 0) is 9.47 Å². The van der Waals surface area contributed by atoms with Gasteiger partial charge in [-0.2, -0.15) is 0 Å². The number of anilines is 1. The van der Waals surface area contributed by atoms with Crippen molar-refractivity contribution in [1.29, 1.82) is 0 Å². The maximum Gasteiger partial charge on any atom is 0.319 e. The number of aromatic nitrogens is 1. The number of ether oxygens (including phenoxy) is 2. The second-order valence-corrected chi connectivity index (χ2v) is 6.50. The molecule has 2 aliphatic rings. The molecule has 1 aromatic heterocycles. The Bertz CT molecular complexity index is 738. The lowest BCUT2D eigenvalue weighted by Crippen LogP contribution is -2.49. The summed E-state index contributed by atoms with van der Waals surface area (Å²) in [5, 5.41) is 7.00. The van der Waals surface area contributed by atoms with Crippen molar-refractivity contribution in [2.75, 3.05) is 25.1 Å². The molecule has 2 amide bonds. The van der Waals surface area contributed by atoms with Gasteiger partial charge in [-0.05, 0) is 25.0 Å². The minimum atomic E-state index is -0.211. The van der Waals surface area contributed by atoms with Crippen molar-refractivity contribution in [3.8, 4) is 0 Å². The third-order valence-electron chi connectivity index (χ3n) is 4.78. The Morgan fingerprint density at radius 2 is 2.17 bits per heavy atom. The molecule has 2 N–H and O–H groups in total. The van der Waals surface area contributed by atoms with Crippen LogP contribution in [-0.4, -0.2) is 42.5 Å². The molecule has 0 aliphatic carbocycles. The van der Waals surface area contributed by atoms with E-state index in [-0.39, 0.29) is 17.7 Å². The molecule has 0 bridgehead atoms. The van der Waals surface area contributed by atoms with E-state index >= 15 is 0 Å². The van der Waals surface area contributed by atoms with E-state index in [0.29, 0.717) is 13.2 Å². The number of hydrogen-bond donors (Lipinski definition) is 2. The molecule has 1 spiro atoms. The second-order valence-electron chi connectivity index (χ2n) is 6.50. The van der Waals surface area contributed by atoms with Crippen molar-refractivity contribution in [1.82, 2.24) is 10.3 Å². The van der Waals surface area contributed by atoms with Crippen molar-refractivity contribution in [3.63, 3.8) is 0 Å². The number of para-hydroxylation sites is 1. The van der Waals surface area contributed by atoms with Gasteiger partial charge in [0.25, 0.3) is 0 Å². The van der Waals surface area contributed by atoms with Gasteiger partial charge in [0, 0.05) is 37.3 Å². The summed E-state index contributed by atoms with van der Waals surface area (Å²) in [6.07, 6.45) is 4.25. The van der Waals surface area contributed by atoms with Crippen molar-refractivity contribution >= 4 is 22.6 Å². The van der Waals surface area contributed by atoms with Gasteiger partial charge < -0.3 is 20.1 Å². The Morgan fingerprint density at radius 1 is 1.25 bits per heavy atom. The molecule has 24 heavy (non-hydrogen) atoms. The number of carbonyl (C=O) groups excluding carboxylic acids is 1. The minimum Gasteiger partial charge on any atom is -0.378 e. The zero-order chi connectivity index (χ0) is 16.4. The highest BCUT2D eigenvalue weighted by Crippen LogP contribution is 2.32. The van der Waals surface area contributed by atoms with E-state index in [4.69, 9.17) is 9.47 Å². The van der Waals surface area contributed by atoms with Crippen LogP contribution >= 0.6 is 0 Å². The van der Waals surface area contributed by atoms with Gasteiger partial charge >= 0.3 is 6.03 Å². The van der Waals surface area contributed by atoms with Gasteiger partial charge in [-0.15, -0.1) is 0 Å². The second kappa shape index (κ2) is 6.37. The van der Waals surface area contributed by atoms with Gasteiger partial charge in [0.15, 0.2) is 0 Å². The summed E-state index contributed by atoms with van der Waals surface area (Å²) in [5.74, 6) is 0. The van der Waals surface area contributed by atoms with Crippen molar-refractivity contribution in [2.45, 2.75) is 30.9 Å². The number of carbonyl (C=O) groups is 1. The molecule has 0 radical (unpaired) electrons. The highest BCUT2D eigenvalue weighted by Gasteiger charge is 2.41. The Kier molecular flexibility index (Phi) is 4.08. The van der Waals surface area contributed by atoms with Crippen LogP contribution in [0.1, 0.15) is 19.3 Å². The first-order valence-electron chi connectivity index (χ1n) is 8.37. The van der Waals surface area contributed by atoms with Gasteiger partial charge in [0.05, 0.1) is 23.4 Å². The highest BCUT2D eigenvalue weighted by atomic mass is 16.6. The molecule has 6 nitrogen and oxygen atoms in total. The fourth-order valence-electron chi connectivity index (χ4n) is 3.56. The van der Waals surface area contributed by atoms with Gasteiger partial charge in [-0.25, -0.2) is 4.79 Å². The van der Waals surface area contributed by atoms with Crippen LogP contribution in [0.15, 0.2) is 36.5 Å². The number of urea groups is 1. The van der Waals surface area contributed by atoms with Gasteiger partial charge in [0.1, 0.15) is 0 Å². The molecule has 2 saturated heterocycles. The first-order chi connectivity index (χ1) is 11.7. The molecule has 2 aliphatic heterocycles. The zero-order valence-corrected chi connectivity index (χ0v) is 13.5. The largest absolute Gasteiger partial charge is 0.378 e. The molecule has 2 fully saturated rings. The van der Waals surface area contributed by atoms with E-state index in [0.717, 1.165) is 42.5 Å².